The maximum atomic E-state index is 13.3. The van der Waals surface area contributed by atoms with E-state index in [1.807, 2.05) is 0 Å². The summed E-state index contributed by atoms with van der Waals surface area (Å²) in [5.41, 5.74) is 0. The van der Waals surface area contributed by atoms with Crippen molar-refractivity contribution in [3.8, 4) is 0 Å². The second kappa shape index (κ2) is 2.93. The van der Waals surface area contributed by atoms with Gasteiger partial charge in [-0.3, -0.25) is 0 Å². The molecule has 70 valence electrons. The first kappa shape index (κ1) is 9.88. The highest BCUT2D eigenvalue weighted by Gasteiger charge is 2.64. The molecule has 1 fully saturated rings. The summed E-state index contributed by atoms with van der Waals surface area (Å²) in [6.45, 7) is 1.16. The van der Waals surface area contributed by atoms with Crippen LogP contribution in [0.3, 0.4) is 0 Å². The Morgan fingerprint density at radius 2 is 2.50 bits per heavy atom. The lowest BCUT2D eigenvalue weighted by Crippen LogP contribution is -2.49. The van der Waals surface area contributed by atoms with Crippen molar-refractivity contribution in [3.05, 3.63) is 0 Å². The number of carbonyl (C=O) groups is 1. The van der Waals surface area contributed by atoms with E-state index in [0.717, 1.165) is 0 Å². The lowest BCUT2D eigenvalue weighted by Gasteiger charge is -2.25. The van der Waals surface area contributed by atoms with Gasteiger partial charge < -0.3 is 14.6 Å². The van der Waals surface area contributed by atoms with Crippen molar-refractivity contribution < 1.29 is 23.8 Å². The first-order chi connectivity index (χ1) is 5.44. The summed E-state index contributed by atoms with van der Waals surface area (Å²) in [6.07, 6.45) is 0. The lowest BCUT2D eigenvalue weighted by atomic mass is 10.2. The highest BCUT2D eigenvalue weighted by Crippen LogP contribution is 2.40. The topological polar surface area (TPSA) is 55.8 Å². The molecule has 1 rings (SSSR count). The van der Waals surface area contributed by atoms with Gasteiger partial charge in [-0.1, -0.05) is 0 Å². The molecule has 12 heavy (non-hydrogen) atoms. The molecule has 0 aromatic rings. The Morgan fingerprint density at radius 1 is 1.92 bits per heavy atom. The number of halogens is 2. The third-order valence-corrected chi connectivity index (χ3v) is 2.47. The number of hydrogen-bond donors (Lipinski definition) is 1. The highest BCUT2D eigenvalue weighted by atomic mass is 79.9. The third kappa shape index (κ3) is 1.23. The molecule has 0 amide bonds. The minimum Gasteiger partial charge on any atom is -0.457 e. The van der Waals surface area contributed by atoms with Crippen molar-refractivity contribution in [2.45, 2.75) is 17.3 Å². The number of cyclic esters (lactones) is 1. The molecule has 0 bridgehead atoms. The minimum absolute atomic E-state index is 0.0877. The second-order valence-electron chi connectivity index (χ2n) is 2.37. The Balaban J connectivity index is 2.85. The van der Waals surface area contributed by atoms with E-state index in [1.165, 1.54) is 0 Å². The molecule has 0 radical (unpaired) electrons. The Morgan fingerprint density at radius 3 is 2.83 bits per heavy atom. The molecular weight excluding hydrogens is 235 g/mol. The fraction of sp³-hybridized carbons (Fsp3) is 0.833. The van der Waals surface area contributed by atoms with Crippen molar-refractivity contribution in [2.24, 2.45) is 0 Å². The third-order valence-electron chi connectivity index (χ3n) is 1.53. The molecule has 0 saturated carbocycles. The van der Waals surface area contributed by atoms with E-state index < -0.39 is 22.9 Å². The van der Waals surface area contributed by atoms with Crippen LogP contribution in [0.15, 0.2) is 0 Å². The Bertz CT molecular complexity index is 208. The molecule has 1 aliphatic rings. The Labute approximate surface area is 76.8 Å². The van der Waals surface area contributed by atoms with Crippen LogP contribution in [0.25, 0.3) is 0 Å². The average Bonchev–Trinajstić information content (AvgIpc) is 2.16. The largest absolute Gasteiger partial charge is 0.457 e. The summed E-state index contributed by atoms with van der Waals surface area (Å²) >= 11 is 2.42. The van der Waals surface area contributed by atoms with Gasteiger partial charge in [-0.2, -0.15) is 0 Å². The van der Waals surface area contributed by atoms with E-state index >= 15 is 0 Å². The van der Waals surface area contributed by atoms with Gasteiger partial charge >= 0.3 is 10.5 Å². The molecule has 2 unspecified atom stereocenters. The van der Waals surface area contributed by atoms with Gasteiger partial charge in [0.05, 0.1) is 0 Å². The summed E-state index contributed by atoms with van der Waals surface area (Å²) < 4.78 is 19.6. The number of rotatable bonds is 2. The first-order valence-corrected chi connectivity index (χ1v) is 4.14. The van der Waals surface area contributed by atoms with E-state index in [2.05, 4.69) is 25.4 Å². The molecule has 1 aliphatic heterocycles. The van der Waals surface area contributed by atoms with E-state index in [0.29, 0.717) is 0 Å². The van der Waals surface area contributed by atoms with Gasteiger partial charge in [-0.05, 0) is 22.9 Å². The maximum Gasteiger partial charge on any atom is 0.361 e. The van der Waals surface area contributed by atoms with Gasteiger partial charge in [0.25, 0.3) is 5.79 Å². The summed E-state index contributed by atoms with van der Waals surface area (Å²) in [5, 5.41) is 9.40. The molecule has 0 spiro atoms. The van der Waals surface area contributed by atoms with Crippen LogP contribution < -0.4 is 0 Å². The van der Waals surface area contributed by atoms with Gasteiger partial charge in [-0.15, -0.1) is 0 Å². The molecule has 1 N–H and O–H groups in total. The van der Waals surface area contributed by atoms with Crippen LogP contribution in [-0.2, 0) is 14.3 Å². The van der Waals surface area contributed by atoms with Gasteiger partial charge in [0.2, 0.25) is 0 Å². The van der Waals surface area contributed by atoms with E-state index in [4.69, 9.17) is 0 Å². The Kier molecular flexibility index (Phi) is 2.42. The molecule has 0 aromatic carbocycles. The molecule has 4 nitrogen and oxygen atoms in total. The van der Waals surface area contributed by atoms with Gasteiger partial charge in [0.1, 0.15) is 0 Å². The lowest BCUT2D eigenvalue weighted by molar-refractivity contribution is -0.228. The van der Waals surface area contributed by atoms with Gasteiger partial charge in [0, 0.05) is 6.61 Å². The van der Waals surface area contributed by atoms with Crippen molar-refractivity contribution in [1.82, 2.24) is 0 Å². The van der Waals surface area contributed by atoms with Crippen LogP contribution in [-0.4, -0.2) is 34.7 Å². The molecule has 0 aromatic heterocycles. The molecular formula is C6H8BrFO4. The zero-order chi connectivity index (χ0) is 9.41. The summed E-state index contributed by atoms with van der Waals surface area (Å²) in [6, 6.07) is 0. The smallest absolute Gasteiger partial charge is 0.361 e. The molecule has 6 heteroatoms. The van der Waals surface area contributed by atoms with Crippen LogP contribution in [0.1, 0.15) is 6.92 Å². The van der Waals surface area contributed by atoms with Crippen molar-refractivity contribution in [2.75, 3.05) is 13.2 Å². The van der Waals surface area contributed by atoms with E-state index in [9.17, 15) is 14.3 Å². The van der Waals surface area contributed by atoms with Crippen molar-refractivity contribution >= 4 is 21.9 Å². The molecule has 0 aliphatic carbocycles. The standard InChI is InChI=1S/C6H8BrFO4/c1-2-12-5(10)3-11-4(9)6(5,7)8/h10H,2-3H2,1H3. The number of esters is 1. The fourth-order valence-corrected chi connectivity index (χ4v) is 1.22. The van der Waals surface area contributed by atoms with Crippen LogP contribution in [0.2, 0.25) is 0 Å². The number of carbonyl (C=O) groups excluding carboxylic acids is 1. The quantitative estimate of drug-likeness (QED) is 0.431. The first-order valence-electron chi connectivity index (χ1n) is 3.35. The average molecular weight is 243 g/mol. The highest BCUT2D eigenvalue weighted by molar-refractivity contribution is 9.10. The van der Waals surface area contributed by atoms with E-state index in [1.54, 1.807) is 6.92 Å². The van der Waals surface area contributed by atoms with Crippen LogP contribution in [0.4, 0.5) is 4.39 Å². The molecule has 2 atom stereocenters. The SMILES string of the molecule is CCOC1(O)COC(=O)C1(F)Br. The monoisotopic (exact) mass is 242 g/mol. The normalized spacial score (nSPS) is 41.5. The summed E-state index contributed by atoms with van der Waals surface area (Å²) in [7, 11) is 0. The minimum atomic E-state index is -2.66. The van der Waals surface area contributed by atoms with Crippen molar-refractivity contribution in [1.29, 1.82) is 0 Å². The number of aliphatic hydroxyl groups is 1. The number of ether oxygens (including phenoxy) is 2. The fourth-order valence-electron chi connectivity index (χ4n) is 0.875. The maximum absolute atomic E-state index is 13.3. The van der Waals surface area contributed by atoms with Crippen LogP contribution >= 0.6 is 15.9 Å². The number of hydrogen-bond acceptors (Lipinski definition) is 4. The zero-order valence-corrected chi connectivity index (χ0v) is 7.93. The Hall–Kier alpha value is -0.200. The van der Waals surface area contributed by atoms with Crippen LogP contribution in [0, 0.1) is 0 Å². The summed E-state index contributed by atoms with van der Waals surface area (Å²) in [4.78, 5) is 10.7. The summed E-state index contributed by atoms with van der Waals surface area (Å²) in [5.74, 6) is -3.38. The number of alkyl halides is 2. The predicted molar refractivity (Wildman–Crippen MR) is 40.3 cm³/mol. The molecule has 1 saturated heterocycles. The van der Waals surface area contributed by atoms with Gasteiger partial charge in [0.15, 0.2) is 6.61 Å². The second-order valence-corrected chi connectivity index (χ2v) is 3.46. The predicted octanol–water partition coefficient (Wildman–Crippen LogP) is 0.329. The van der Waals surface area contributed by atoms with Crippen LogP contribution in [0.5, 0.6) is 0 Å². The zero-order valence-electron chi connectivity index (χ0n) is 6.34. The van der Waals surface area contributed by atoms with Gasteiger partial charge in [-0.25, -0.2) is 9.18 Å². The molecule has 1 heterocycles. The van der Waals surface area contributed by atoms with Crippen molar-refractivity contribution in [3.63, 3.8) is 0 Å². The van der Waals surface area contributed by atoms with E-state index in [-0.39, 0.29) is 6.61 Å².